The highest BCUT2D eigenvalue weighted by atomic mass is 127. The van der Waals surface area contributed by atoms with Gasteiger partial charge in [0.2, 0.25) is 0 Å². The van der Waals surface area contributed by atoms with Gasteiger partial charge in [-0.1, -0.05) is 15.9 Å². The molecular weight excluding hydrogens is 886 g/mol. The number of alkyl halides is 1. The number of carbonyl (C=O) groups excluding carboxylic acids is 1. The minimum atomic E-state index is -1.13. The van der Waals surface area contributed by atoms with Crippen molar-refractivity contribution in [2.45, 2.75) is 12.5 Å². The van der Waals surface area contributed by atoms with E-state index in [-0.39, 0.29) is 23.3 Å². The zero-order chi connectivity index (χ0) is 21.2. The average Bonchev–Trinajstić information content (AvgIpc) is 2.62. The third kappa shape index (κ3) is 5.82. The van der Waals surface area contributed by atoms with Crippen molar-refractivity contribution >= 4 is 118 Å². The molecule has 150 valence electrons. The molecule has 0 radical (unpaired) electrons. The van der Waals surface area contributed by atoms with E-state index >= 15 is 0 Å². The Hall–Kier alpha value is 0.540. The number of Topliss-reactive ketones (excluding diaryl/α,β-unsaturated/α-hetero) is 1. The first-order chi connectivity index (χ1) is 13.1. The van der Waals surface area contributed by atoms with Gasteiger partial charge in [0.25, 0.3) is 0 Å². The number of nitrogens with two attached hydrogens (primary N) is 1. The van der Waals surface area contributed by atoms with E-state index in [1.165, 1.54) is 0 Å². The first-order valence-electron chi connectivity index (χ1n) is 7.51. The number of phenolic OH excluding ortho intramolecular Hbond substituents is 1. The molecule has 6 nitrogen and oxygen atoms in total. The molecule has 2 aromatic rings. The number of hydrogen-bond donors (Lipinski definition) is 3. The van der Waals surface area contributed by atoms with Gasteiger partial charge in [0.1, 0.15) is 17.5 Å². The van der Waals surface area contributed by atoms with E-state index in [0.717, 1.165) is 3.57 Å². The number of phenols is 1. The van der Waals surface area contributed by atoms with Crippen LogP contribution in [-0.2, 0) is 11.2 Å². The van der Waals surface area contributed by atoms with E-state index in [2.05, 4.69) is 38.5 Å². The molecule has 0 saturated carbocycles. The summed E-state index contributed by atoms with van der Waals surface area (Å²) in [6.45, 7) is 0. The highest BCUT2D eigenvalue weighted by Gasteiger charge is 2.24. The van der Waals surface area contributed by atoms with E-state index < -0.39 is 12.0 Å². The lowest BCUT2D eigenvalue weighted by molar-refractivity contribution is -0.138. The number of ether oxygens (including phenoxy) is 1. The number of benzene rings is 2. The van der Waals surface area contributed by atoms with Crippen molar-refractivity contribution in [2.75, 3.05) is 5.33 Å². The monoisotopic (exact) mass is 897 g/mol. The van der Waals surface area contributed by atoms with Crippen LogP contribution in [0.15, 0.2) is 18.2 Å². The topological polar surface area (TPSA) is 110 Å². The maximum absolute atomic E-state index is 12.5. The van der Waals surface area contributed by atoms with E-state index in [0.29, 0.717) is 33.3 Å². The minimum absolute atomic E-state index is 0.0324. The lowest BCUT2D eigenvalue weighted by Crippen LogP contribution is -2.33. The largest absolute Gasteiger partial charge is 0.506 e. The highest BCUT2D eigenvalue weighted by molar-refractivity contribution is 14.1. The second kappa shape index (κ2) is 10.7. The van der Waals surface area contributed by atoms with Gasteiger partial charge in [-0.05, 0) is 121 Å². The molecule has 0 saturated heterocycles. The maximum Gasteiger partial charge on any atom is 0.320 e. The van der Waals surface area contributed by atoms with Gasteiger partial charge in [0.15, 0.2) is 11.5 Å². The Morgan fingerprint density at radius 1 is 1.11 bits per heavy atom. The molecule has 1 unspecified atom stereocenters. The quantitative estimate of drug-likeness (QED) is 0.202. The maximum atomic E-state index is 12.5. The Kier molecular flexibility index (Phi) is 9.50. The molecule has 2 rings (SSSR count). The van der Waals surface area contributed by atoms with Crippen molar-refractivity contribution in [2.24, 2.45) is 5.73 Å². The van der Waals surface area contributed by atoms with Gasteiger partial charge in [-0.25, -0.2) is 0 Å². The van der Waals surface area contributed by atoms with Crippen LogP contribution in [0.25, 0.3) is 0 Å². The summed E-state index contributed by atoms with van der Waals surface area (Å²) >= 11 is 11.3. The van der Waals surface area contributed by atoms with Crippen LogP contribution in [0.5, 0.6) is 17.2 Å². The smallest absolute Gasteiger partial charge is 0.320 e. The van der Waals surface area contributed by atoms with Crippen molar-refractivity contribution in [3.05, 3.63) is 43.6 Å². The van der Waals surface area contributed by atoms with Gasteiger partial charge in [-0.2, -0.15) is 0 Å². The molecule has 0 fully saturated rings. The molecule has 0 amide bonds. The molecule has 28 heavy (non-hydrogen) atoms. The van der Waals surface area contributed by atoms with Gasteiger partial charge >= 0.3 is 5.97 Å². The number of rotatable bonds is 7. The van der Waals surface area contributed by atoms with Crippen molar-refractivity contribution in [1.82, 2.24) is 0 Å². The number of ketones is 1. The second-order valence-electron chi connectivity index (χ2n) is 5.58. The number of carboxylic acids is 1. The number of aliphatic carboxylic acids is 1. The standard InChI is InChI=1S/C17H12BrI4NO5/c18-5-12(24)13-6(2-11(23)17(26)27)1-10(21)16(14(13)22)28-7-3-8(19)15(25)9(20)4-7/h1,3-4,11,25H,2,5,23H2,(H,26,27). The number of hydrogen-bond acceptors (Lipinski definition) is 5. The SMILES string of the molecule is NC(Cc1cc(I)c(Oc2cc(I)c(O)c(I)c2)c(I)c1C(=O)CBr)C(=O)O. The third-order valence-electron chi connectivity index (χ3n) is 3.63. The molecule has 0 aliphatic rings. The van der Waals surface area contributed by atoms with Gasteiger partial charge in [-0.3, -0.25) is 9.59 Å². The fourth-order valence-electron chi connectivity index (χ4n) is 2.32. The summed E-state index contributed by atoms with van der Waals surface area (Å²) in [6, 6.07) is 4.02. The van der Waals surface area contributed by atoms with E-state index in [4.69, 9.17) is 15.6 Å². The number of halogens is 5. The molecule has 0 aromatic heterocycles. The molecule has 0 spiro atoms. The van der Waals surface area contributed by atoms with Gasteiger partial charge in [-0.15, -0.1) is 0 Å². The molecule has 0 bridgehead atoms. The fraction of sp³-hybridized carbons (Fsp3) is 0.176. The Balaban J connectivity index is 2.57. The van der Waals surface area contributed by atoms with Gasteiger partial charge in [0.05, 0.1) is 19.6 Å². The predicted molar refractivity (Wildman–Crippen MR) is 143 cm³/mol. The Morgan fingerprint density at radius 2 is 1.68 bits per heavy atom. The highest BCUT2D eigenvalue weighted by Crippen LogP contribution is 2.39. The zero-order valence-corrected chi connectivity index (χ0v) is 24.0. The lowest BCUT2D eigenvalue weighted by Gasteiger charge is -2.18. The Labute approximate surface area is 224 Å². The summed E-state index contributed by atoms with van der Waals surface area (Å²) in [4.78, 5) is 23.7. The first kappa shape index (κ1) is 24.8. The predicted octanol–water partition coefficient (Wildman–Crippen LogP) is 5.13. The van der Waals surface area contributed by atoms with Crippen LogP contribution >= 0.6 is 106 Å². The van der Waals surface area contributed by atoms with Crippen LogP contribution in [-0.4, -0.2) is 33.3 Å². The summed E-state index contributed by atoms with van der Waals surface area (Å²) in [5, 5.41) is 19.2. The molecule has 4 N–H and O–H groups in total. The van der Waals surface area contributed by atoms with Crippen molar-refractivity contribution in [3.8, 4) is 17.2 Å². The molecule has 0 aliphatic carbocycles. The summed E-state index contributed by atoms with van der Waals surface area (Å²) < 4.78 is 8.64. The molecule has 2 aromatic carbocycles. The van der Waals surface area contributed by atoms with Crippen LogP contribution in [0.4, 0.5) is 0 Å². The van der Waals surface area contributed by atoms with E-state index in [1.807, 2.05) is 67.8 Å². The van der Waals surface area contributed by atoms with Crippen molar-refractivity contribution in [3.63, 3.8) is 0 Å². The molecular formula is C17H12BrI4NO5. The Morgan fingerprint density at radius 3 is 2.18 bits per heavy atom. The first-order valence-corrected chi connectivity index (χ1v) is 12.9. The Bertz CT molecular complexity index is 931. The fourth-order valence-corrected chi connectivity index (χ4v) is 6.63. The van der Waals surface area contributed by atoms with E-state index in [1.54, 1.807) is 18.2 Å². The molecule has 1 atom stereocenters. The summed E-state index contributed by atoms with van der Waals surface area (Å²) in [5.41, 5.74) is 6.65. The average molecular weight is 898 g/mol. The van der Waals surface area contributed by atoms with Crippen molar-refractivity contribution in [1.29, 1.82) is 0 Å². The van der Waals surface area contributed by atoms with Crippen LogP contribution in [0.3, 0.4) is 0 Å². The van der Waals surface area contributed by atoms with Crippen LogP contribution in [0, 0.1) is 14.3 Å². The van der Waals surface area contributed by atoms with Gasteiger partial charge in [0, 0.05) is 5.56 Å². The number of aromatic hydroxyl groups is 1. The molecule has 0 aliphatic heterocycles. The minimum Gasteiger partial charge on any atom is -0.506 e. The molecule has 11 heteroatoms. The van der Waals surface area contributed by atoms with Crippen LogP contribution in [0.1, 0.15) is 15.9 Å². The van der Waals surface area contributed by atoms with Crippen LogP contribution in [0.2, 0.25) is 0 Å². The summed E-state index contributed by atoms with van der Waals surface area (Å²) in [5.74, 6) is -0.111. The second-order valence-corrected chi connectivity index (χ2v) is 10.7. The zero-order valence-electron chi connectivity index (χ0n) is 13.8. The van der Waals surface area contributed by atoms with E-state index in [9.17, 15) is 14.7 Å². The summed E-state index contributed by atoms with van der Waals surface area (Å²) in [6.07, 6.45) is 0.0324. The van der Waals surface area contributed by atoms with Gasteiger partial charge < -0.3 is 20.7 Å². The normalized spacial score (nSPS) is 11.9. The lowest BCUT2D eigenvalue weighted by atomic mass is 9.98. The molecule has 0 heterocycles. The van der Waals surface area contributed by atoms with Crippen LogP contribution < -0.4 is 10.5 Å². The number of carboxylic acid groups (broad SMARTS) is 1. The van der Waals surface area contributed by atoms with Crippen molar-refractivity contribution < 1.29 is 24.5 Å². The summed E-state index contributed by atoms with van der Waals surface area (Å²) in [7, 11) is 0. The number of carbonyl (C=O) groups is 2. The third-order valence-corrected chi connectivity index (χ3v) is 7.61.